The second-order valence-corrected chi connectivity index (χ2v) is 13.4. The van der Waals surface area contributed by atoms with Crippen LogP contribution in [0.5, 0.6) is 5.75 Å². The van der Waals surface area contributed by atoms with E-state index in [-0.39, 0.29) is 67.8 Å². The van der Waals surface area contributed by atoms with Gasteiger partial charge < -0.3 is 24.0 Å². The first-order valence-corrected chi connectivity index (χ1v) is 17.0. The fourth-order valence-corrected chi connectivity index (χ4v) is 7.15. The fourth-order valence-electron chi connectivity index (χ4n) is 7.15. The number of aryl methyl sites for hydroxylation is 1. The monoisotopic (exact) mass is 710 g/mol. The molecular weight excluding hydrogens is 671 g/mol. The summed E-state index contributed by atoms with van der Waals surface area (Å²) >= 11 is 0. The van der Waals surface area contributed by atoms with E-state index in [1.54, 1.807) is 35.4 Å². The molecule has 7 rings (SSSR count). The minimum absolute atomic E-state index is 0.00163. The third kappa shape index (κ3) is 6.30. The van der Waals surface area contributed by atoms with Gasteiger partial charge in [-0.05, 0) is 64.0 Å². The second kappa shape index (κ2) is 13.9. The standard InChI is InChI=1S/C37H39FN8O6/c1-22-32(51-20-24-9-7-6-8-10-24)30(40-21-39-22)35(49)44-15-13-37(14-16-44)29-31(23(2)52-37)45(19-28(47)50-5)36-41-33(42-46(36)34(29)48)26-12-11-25(17-27(26)38)18-43(3)4/h6-12,17,21,23H,13-16,18-20H2,1-5H3. The highest BCUT2D eigenvalue weighted by Crippen LogP contribution is 2.48. The van der Waals surface area contributed by atoms with Crippen molar-refractivity contribution in [3.63, 3.8) is 0 Å². The maximum atomic E-state index is 15.4. The Bertz CT molecular complexity index is 2230. The van der Waals surface area contributed by atoms with Gasteiger partial charge in [-0.3, -0.25) is 19.0 Å². The van der Waals surface area contributed by atoms with E-state index in [2.05, 4.69) is 20.1 Å². The zero-order valence-electron chi connectivity index (χ0n) is 29.6. The highest BCUT2D eigenvalue weighted by atomic mass is 19.1. The van der Waals surface area contributed by atoms with Crippen LogP contribution in [0.4, 0.5) is 4.39 Å². The molecule has 1 atom stereocenters. The Morgan fingerprint density at radius 2 is 1.83 bits per heavy atom. The van der Waals surface area contributed by atoms with Crippen LogP contribution in [0.1, 0.15) is 64.4 Å². The summed E-state index contributed by atoms with van der Waals surface area (Å²) < 4.78 is 35.7. The van der Waals surface area contributed by atoms with Crippen molar-refractivity contribution in [1.82, 2.24) is 38.9 Å². The summed E-state index contributed by atoms with van der Waals surface area (Å²) in [6.45, 7) is 4.55. The predicted octanol–water partition coefficient (Wildman–Crippen LogP) is 3.83. The zero-order valence-corrected chi connectivity index (χ0v) is 29.6. The van der Waals surface area contributed by atoms with Crippen molar-refractivity contribution in [3.8, 4) is 17.1 Å². The van der Waals surface area contributed by atoms with E-state index in [0.717, 1.165) is 15.6 Å². The quantitative estimate of drug-likeness (QED) is 0.206. The largest absolute Gasteiger partial charge is 0.485 e. The fraction of sp³-hybridized carbons (Fsp3) is 0.378. The number of hydrogen-bond acceptors (Lipinski definition) is 11. The zero-order chi connectivity index (χ0) is 36.7. The summed E-state index contributed by atoms with van der Waals surface area (Å²) in [5.74, 6) is -1.06. The molecular formula is C37H39FN8O6. The van der Waals surface area contributed by atoms with Crippen molar-refractivity contribution in [2.75, 3.05) is 34.3 Å². The number of methoxy groups -OCH3 is 1. The van der Waals surface area contributed by atoms with Gasteiger partial charge in [0.15, 0.2) is 17.3 Å². The number of carbonyl (C=O) groups is 2. The topological polar surface area (TPSA) is 146 Å². The van der Waals surface area contributed by atoms with Crippen LogP contribution in [0.3, 0.4) is 0 Å². The Hall–Kier alpha value is -5.54. The number of likely N-dealkylation sites (tertiary alicyclic amines) is 1. The lowest BCUT2D eigenvalue weighted by Gasteiger charge is -2.39. The number of piperidine rings is 1. The lowest BCUT2D eigenvalue weighted by molar-refractivity contribution is -0.141. The van der Waals surface area contributed by atoms with Crippen LogP contribution in [0.15, 0.2) is 59.7 Å². The molecule has 1 fully saturated rings. The normalized spacial score (nSPS) is 16.4. The first-order chi connectivity index (χ1) is 25.0. The summed E-state index contributed by atoms with van der Waals surface area (Å²) in [6, 6.07) is 14.4. The summed E-state index contributed by atoms with van der Waals surface area (Å²) in [4.78, 5) is 57.8. The van der Waals surface area contributed by atoms with Gasteiger partial charge in [-0.1, -0.05) is 36.4 Å². The average molecular weight is 711 g/mol. The van der Waals surface area contributed by atoms with Crippen molar-refractivity contribution in [2.24, 2.45) is 0 Å². The van der Waals surface area contributed by atoms with Crippen LogP contribution >= 0.6 is 0 Å². The highest BCUT2D eigenvalue weighted by Gasteiger charge is 2.50. The molecule has 1 amide bonds. The number of carbonyl (C=O) groups excluding carboxylic acids is 2. The Labute approximate surface area is 298 Å². The number of ether oxygens (including phenoxy) is 3. The number of fused-ring (bicyclic) bond motifs is 3. The molecule has 0 N–H and O–H groups in total. The van der Waals surface area contributed by atoms with Crippen molar-refractivity contribution in [1.29, 1.82) is 0 Å². The Balaban J connectivity index is 1.22. The summed E-state index contributed by atoms with van der Waals surface area (Å²) in [7, 11) is 5.05. The van der Waals surface area contributed by atoms with E-state index in [1.807, 2.05) is 49.3 Å². The molecule has 2 aliphatic heterocycles. The van der Waals surface area contributed by atoms with Crippen molar-refractivity contribution in [2.45, 2.75) is 58.1 Å². The number of hydrogen-bond donors (Lipinski definition) is 0. The Morgan fingerprint density at radius 3 is 2.52 bits per heavy atom. The molecule has 14 nitrogen and oxygen atoms in total. The number of nitrogens with zero attached hydrogens (tertiary/aromatic N) is 8. The molecule has 0 saturated carbocycles. The molecule has 270 valence electrons. The molecule has 0 bridgehead atoms. The summed E-state index contributed by atoms with van der Waals surface area (Å²) in [6.07, 6.45) is 1.28. The molecule has 2 aliphatic rings. The second-order valence-electron chi connectivity index (χ2n) is 13.4. The molecule has 2 aromatic carbocycles. The van der Waals surface area contributed by atoms with E-state index in [4.69, 9.17) is 14.2 Å². The minimum atomic E-state index is -1.09. The van der Waals surface area contributed by atoms with Gasteiger partial charge in [0.05, 0.1) is 35.7 Å². The molecule has 52 heavy (non-hydrogen) atoms. The van der Waals surface area contributed by atoms with Gasteiger partial charge >= 0.3 is 5.97 Å². The van der Waals surface area contributed by atoms with Crippen LogP contribution < -0.4 is 10.3 Å². The van der Waals surface area contributed by atoms with Gasteiger partial charge in [0, 0.05) is 19.6 Å². The molecule has 0 aliphatic carbocycles. The first-order valence-electron chi connectivity index (χ1n) is 17.0. The Morgan fingerprint density at radius 1 is 1.08 bits per heavy atom. The first kappa shape index (κ1) is 34.9. The minimum Gasteiger partial charge on any atom is -0.485 e. The molecule has 5 heterocycles. The van der Waals surface area contributed by atoms with E-state index in [9.17, 15) is 14.4 Å². The number of rotatable bonds is 9. The summed E-state index contributed by atoms with van der Waals surface area (Å²) in [5, 5.41) is 4.47. The van der Waals surface area contributed by atoms with E-state index in [0.29, 0.717) is 29.2 Å². The number of aromatic nitrogens is 6. The molecule has 1 unspecified atom stereocenters. The van der Waals surface area contributed by atoms with Gasteiger partial charge in [0.1, 0.15) is 30.9 Å². The highest BCUT2D eigenvalue weighted by molar-refractivity contribution is 5.95. The molecule has 1 spiro atoms. The third-order valence-electron chi connectivity index (χ3n) is 9.58. The molecule has 15 heteroatoms. The van der Waals surface area contributed by atoms with Gasteiger partial charge in [-0.25, -0.2) is 14.4 Å². The van der Waals surface area contributed by atoms with Crippen molar-refractivity contribution in [3.05, 3.63) is 105 Å². The van der Waals surface area contributed by atoms with Crippen molar-refractivity contribution >= 4 is 17.7 Å². The van der Waals surface area contributed by atoms with Gasteiger partial charge in [-0.2, -0.15) is 9.50 Å². The van der Waals surface area contributed by atoms with Crippen LogP contribution in [0.2, 0.25) is 0 Å². The van der Waals surface area contributed by atoms with E-state index < -0.39 is 29.1 Å². The van der Waals surface area contributed by atoms with E-state index >= 15 is 4.39 Å². The van der Waals surface area contributed by atoms with Crippen LogP contribution in [0.25, 0.3) is 17.2 Å². The lowest BCUT2D eigenvalue weighted by Crippen LogP contribution is -2.47. The van der Waals surface area contributed by atoms with E-state index in [1.165, 1.54) is 19.5 Å². The smallest absolute Gasteiger partial charge is 0.325 e. The number of benzene rings is 2. The van der Waals surface area contributed by atoms with Gasteiger partial charge in [-0.15, -0.1) is 5.10 Å². The maximum Gasteiger partial charge on any atom is 0.325 e. The number of amides is 1. The number of halogens is 1. The lowest BCUT2D eigenvalue weighted by atomic mass is 9.85. The van der Waals surface area contributed by atoms with Crippen molar-refractivity contribution < 1.29 is 28.2 Å². The molecule has 1 saturated heterocycles. The van der Waals surface area contributed by atoms with Crippen LogP contribution in [-0.4, -0.2) is 85.1 Å². The van der Waals surface area contributed by atoms with Crippen LogP contribution in [-0.2, 0) is 39.6 Å². The number of esters is 1. The van der Waals surface area contributed by atoms with Crippen LogP contribution in [0, 0.1) is 12.7 Å². The summed E-state index contributed by atoms with van der Waals surface area (Å²) in [5.41, 5.74) is 1.73. The van der Waals surface area contributed by atoms with Gasteiger partial charge in [0.25, 0.3) is 11.5 Å². The predicted molar refractivity (Wildman–Crippen MR) is 186 cm³/mol. The maximum absolute atomic E-state index is 15.4. The third-order valence-corrected chi connectivity index (χ3v) is 9.58. The Kier molecular flexibility index (Phi) is 9.31. The molecule has 0 radical (unpaired) electrons. The SMILES string of the molecule is COC(=O)Cn1c2c(c(=O)n3nc(-c4ccc(CN(C)C)cc4F)nc13)C1(CCN(C(=O)c3ncnc(C)c3OCc3ccccc3)CC1)OC2C. The molecule has 5 aromatic rings. The van der Waals surface area contributed by atoms with Gasteiger partial charge in [0.2, 0.25) is 5.78 Å². The average Bonchev–Trinajstić information content (AvgIpc) is 3.69. The molecule has 3 aromatic heterocycles.